The van der Waals surface area contributed by atoms with Gasteiger partial charge in [0.1, 0.15) is 12.1 Å². The topological polar surface area (TPSA) is 50.2 Å². The fourth-order valence-electron chi connectivity index (χ4n) is 1.43. The minimum Gasteiger partial charge on any atom is -0.366 e. The average Bonchev–Trinajstić information content (AvgIpc) is 2.65. The number of hydrogen-bond acceptors (Lipinski definition) is 4. The molecule has 1 aliphatic rings. The number of hydrogen-bond donors (Lipinski definition) is 1. The Balaban J connectivity index is 2.10. The van der Waals surface area contributed by atoms with E-state index in [4.69, 9.17) is 0 Å². The van der Waals surface area contributed by atoms with Crippen molar-refractivity contribution in [1.82, 2.24) is 9.97 Å². The molecule has 1 aliphatic heterocycles. The van der Waals surface area contributed by atoms with Crippen LogP contribution < -0.4 is 5.32 Å². The fraction of sp³-hybridized carbons (Fsp3) is 0.364. The number of aliphatic imine (C=N–C) groups is 1. The van der Waals surface area contributed by atoms with E-state index in [1.807, 2.05) is 6.21 Å². The molecule has 0 saturated heterocycles. The first-order chi connectivity index (χ1) is 7.27. The molecular weight excluding hydrogens is 188 g/mol. The second-order valence-corrected chi connectivity index (χ2v) is 3.70. The maximum atomic E-state index is 4.22. The van der Waals surface area contributed by atoms with E-state index in [1.165, 1.54) is 5.57 Å². The molecule has 1 aromatic heterocycles. The van der Waals surface area contributed by atoms with Crippen molar-refractivity contribution in [2.75, 3.05) is 11.9 Å². The summed E-state index contributed by atoms with van der Waals surface area (Å²) in [6.07, 6.45) is 6.37. The molecule has 15 heavy (non-hydrogen) atoms. The lowest BCUT2D eigenvalue weighted by Crippen LogP contribution is -2.04. The number of nitrogens with zero attached hydrogens (tertiary/aromatic N) is 3. The van der Waals surface area contributed by atoms with Gasteiger partial charge < -0.3 is 5.32 Å². The molecule has 0 aliphatic carbocycles. The molecule has 1 aromatic rings. The van der Waals surface area contributed by atoms with Crippen LogP contribution in [0.15, 0.2) is 23.0 Å². The van der Waals surface area contributed by atoms with Crippen LogP contribution in [0.5, 0.6) is 0 Å². The van der Waals surface area contributed by atoms with Crippen LogP contribution in [0.2, 0.25) is 0 Å². The third-order valence-corrected chi connectivity index (χ3v) is 2.21. The number of rotatable bonds is 3. The van der Waals surface area contributed by atoms with E-state index in [2.05, 4.69) is 40.2 Å². The van der Waals surface area contributed by atoms with E-state index in [-0.39, 0.29) is 0 Å². The van der Waals surface area contributed by atoms with Gasteiger partial charge in [-0.3, -0.25) is 0 Å². The van der Waals surface area contributed by atoms with Gasteiger partial charge in [0.2, 0.25) is 0 Å². The van der Waals surface area contributed by atoms with Crippen LogP contribution in [-0.2, 0) is 6.42 Å². The van der Waals surface area contributed by atoms with Crippen LogP contribution >= 0.6 is 0 Å². The van der Waals surface area contributed by atoms with Crippen molar-refractivity contribution in [1.29, 1.82) is 0 Å². The minimum absolute atomic E-state index is 0.796. The van der Waals surface area contributed by atoms with Crippen LogP contribution in [0.25, 0.3) is 0 Å². The minimum atomic E-state index is 0.796. The Morgan fingerprint density at radius 2 is 2.33 bits per heavy atom. The molecule has 0 radical (unpaired) electrons. The van der Waals surface area contributed by atoms with Crippen molar-refractivity contribution in [2.24, 2.45) is 4.99 Å². The van der Waals surface area contributed by atoms with Gasteiger partial charge >= 0.3 is 0 Å². The zero-order chi connectivity index (χ0) is 10.7. The van der Waals surface area contributed by atoms with E-state index in [9.17, 15) is 0 Å². The third kappa shape index (κ3) is 2.21. The summed E-state index contributed by atoms with van der Waals surface area (Å²) in [5, 5.41) is 3.27. The number of fused-ring (bicyclic) bond motifs is 1. The van der Waals surface area contributed by atoms with E-state index in [0.29, 0.717) is 0 Å². The Morgan fingerprint density at radius 3 is 3.13 bits per heavy atom. The van der Waals surface area contributed by atoms with Gasteiger partial charge in [-0.1, -0.05) is 11.6 Å². The number of nitrogens with one attached hydrogen (secondary N) is 1. The highest BCUT2D eigenvalue weighted by molar-refractivity contribution is 5.77. The van der Waals surface area contributed by atoms with Crippen molar-refractivity contribution in [3.05, 3.63) is 23.5 Å². The molecule has 0 aromatic carbocycles. The summed E-state index contributed by atoms with van der Waals surface area (Å²) in [7, 11) is 0. The zero-order valence-corrected chi connectivity index (χ0v) is 8.99. The Labute approximate surface area is 89.2 Å². The van der Waals surface area contributed by atoms with Gasteiger partial charge in [0.25, 0.3) is 0 Å². The van der Waals surface area contributed by atoms with Crippen molar-refractivity contribution in [2.45, 2.75) is 20.3 Å². The van der Waals surface area contributed by atoms with Crippen molar-refractivity contribution >= 4 is 17.9 Å². The molecular formula is C11H14N4. The van der Waals surface area contributed by atoms with E-state index < -0.39 is 0 Å². The van der Waals surface area contributed by atoms with Gasteiger partial charge in [-0.2, -0.15) is 0 Å². The van der Waals surface area contributed by atoms with E-state index >= 15 is 0 Å². The molecule has 2 heterocycles. The molecule has 1 N–H and O–H groups in total. The fourth-order valence-corrected chi connectivity index (χ4v) is 1.43. The summed E-state index contributed by atoms with van der Waals surface area (Å²) in [5.74, 6) is 1.69. The summed E-state index contributed by atoms with van der Waals surface area (Å²) in [5.41, 5.74) is 2.39. The van der Waals surface area contributed by atoms with Crippen LogP contribution in [0.4, 0.5) is 11.6 Å². The second kappa shape index (κ2) is 4.21. The number of anilines is 1. The third-order valence-electron chi connectivity index (χ3n) is 2.21. The molecule has 0 amide bonds. The molecule has 0 atom stereocenters. The van der Waals surface area contributed by atoms with Crippen LogP contribution in [0.3, 0.4) is 0 Å². The van der Waals surface area contributed by atoms with Crippen LogP contribution in [0, 0.1) is 0 Å². The average molecular weight is 202 g/mol. The quantitative estimate of drug-likeness (QED) is 0.764. The second-order valence-electron chi connectivity index (χ2n) is 3.70. The first-order valence-electron chi connectivity index (χ1n) is 5.01. The van der Waals surface area contributed by atoms with Gasteiger partial charge in [-0.05, 0) is 13.8 Å². The Bertz CT molecular complexity index is 417. The smallest absolute Gasteiger partial charge is 0.160 e. The molecule has 78 valence electrons. The standard InChI is InChI=1S/C11H14N4/c1-8(2)3-5-12-10-9-4-6-13-11(9)15-7-14-10/h3,6-7H,4-5H2,1-2H3,(H,12,14,15). The molecule has 0 bridgehead atoms. The highest BCUT2D eigenvalue weighted by Gasteiger charge is 2.12. The molecule has 0 spiro atoms. The van der Waals surface area contributed by atoms with Gasteiger partial charge in [-0.25, -0.2) is 15.0 Å². The Morgan fingerprint density at radius 1 is 1.47 bits per heavy atom. The number of allylic oxidation sites excluding steroid dienone is 1. The zero-order valence-electron chi connectivity index (χ0n) is 8.99. The molecule has 0 fully saturated rings. The molecule has 4 nitrogen and oxygen atoms in total. The predicted octanol–water partition coefficient (Wildman–Crippen LogP) is 2.11. The van der Waals surface area contributed by atoms with Crippen molar-refractivity contribution in [3.8, 4) is 0 Å². The Hall–Kier alpha value is -1.71. The highest BCUT2D eigenvalue weighted by atomic mass is 15.1. The van der Waals surface area contributed by atoms with Gasteiger partial charge in [0.15, 0.2) is 5.82 Å². The highest BCUT2D eigenvalue weighted by Crippen LogP contribution is 2.25. The lowest BCUT2D eigenvalue weighted by molar-refractivity contribution is 1.10. The summed E-state index contributed by atoms with van der Waals surface area (Å²) < 4.78 is 0. The first-order valence-corrected chi connectivity index (χ1v) is 5.01. The molecule has 0 saturated carbocycles. The maximum Gasteiger partial charge on any atom is 0.160 e. The largest absolute Gasteiger partial charge is 0.366 e. The summed E-state index contributed by atoms with van der Waals surface area (Å²) in [4.78, 5) is 12.5. The maximum absolute atomic E-state index is 4.22. The lowest BCUT2D eigenvalue weighted by atomic mass is 10.2. The van der Waals surface area contributed by atoms with E-state index in [1.54, 1.807) is 6.33 Å². The number of aromatic nitrogens is 2. The summed E-state index contributed by atoms with van der Waals surface area (Å²) in [6.45, 7) is 4.95. The molecule has 2 rings (SSSR count). The van der Waals surface area contributed by atoms with Gasteiger partial charge in [0, 0.05) is 24.7 Å². The Kier molecular flexibility index (Phi) is 2.76. The van der Waals surface area contributed by atoms with Gasteiger partial charge in [-0.15, -0.1) is 0 Å². The monoisotopic (exact) mass is 202 g/mol. The van der Waals surface area contributed by atoms with E-state index in [0.717, 1.165) is 30.2 Å². The SMILES string of the molecule is CC(C)=CCNc1ncnc2c1CC=N2. The molecule has 0 unspecified atom stereocenters. The molecule has 4 heteroatoms. The first kappa shape index (κ1) is 9.83. The van der Waals surface area contributed by atoms with Crippen LogP contribution in [0.1, 0.15) is 19.4 Å². The van der Waals surface area contributed by atoms with Crippen LogP contribution in [-0.4, -0.2) is 22.7 Å². The summed E-state index contributed by atoms with van der Waals surface area (Å²) >= 11 is 0. The summed E-state index contributed by atoms with van der Waals surface area (Å²) in [6, 6.07) is 0. The normalized spacial score (nSPS) is 12.4. The van der Waals surface area contributed by atoms with Crippen molar-refractivity contribution < 1.29 is 0 Å². The van der Waals surface area contributed by atoms with Crippen molar-refractivity contribution in [3.63, 3.8) is 0 Å². The predicted molar refractivity (Wildman–Crippen MR) is 61.8 cm³/mol. The lowest BCUT2D eigenvalue weighted by Gasteiger charge is -2.06. The van der Waals surface area contributed by atoms with Gasteiger partial charge in [0.05, 0.1) is 0 Å².